The normalized spacial score (nSPS) is 18.5. The number of anilines is 1. The molecule has 0 aromatic carbocycles. The van der Waals surface area contributed by atoms with Crippen LogP contribution in [0, 0.1) is 12.8 Å². The van der Waals surface area contributed by atoms with Gasteiger partial charge in [-0.15, -0.1) is 0 Å². The molecule has 0 aliphatic carbocycles. The number of carbonyl (C=O) groups is 2. The number of aromatic carboxylic acids is 1. The van der Waals surface area contributed by atoms with Gasteiger partial charge >= 0.3 is 5.97 Å². The predicted molar refractivity (Wildman–Crippen MR) is 72.7 cm³/mol. The van der Waals surface area contributed by atoms with E-state index in [1.165, 1.54) is 0 Å². The van der Waals surface area contributed by atoms with E-state index in [0.29, 0.717) is 23.0 Å². The fraction of sp³-hybridized carbons (Fsp3) is 0.583. The van der Waals surface area contributed by atoms with Gasteiger partial charge in [0, 0.05) is 6.42 Å². The minimum Gasteiger partial charge on any atom is -0.478 e. The van der Waals surface area contributed by atoms with Crippen LogP contribution in [0.3, 0.4) is 0 Å². The van der Waals surface area contributed by atoms with Gasteiger partial charge in [-0.05, 0) is 50.3 Å². The van der Waals surface area contributed by atoms with Crippen molar-refractivity contribution in [3.05, 3.63) is 11.3 Å². The SMILES string of the molecule is Cc1nsc(NC(=O)CCC2CCNC2)c1C(=O)O. The van der Waals surface area contributed by atoms with Crippen LogP contribution in [-0.4, -0.2) is 34.4 Å². The van der Waals surface area contributed by atoms with Crippen molar-refractivity contribution in [3.8, 4) is 0 Å². The van der Waals surface area contributed by atoms with E-state index in [1.807, 2.05) is 0 Å². The van der Waals surface area contributed by atoms with Crippen LogP contribution in [0.15, 0.2) is 0 Å². The molecular weight excluding hydrogens is 266 g/mol. The van der Waals surface area contributed by atoms with Crippen molar-refractivity contribution in [1.29, 1.82) is 0 Å². The molecule has 1 aliphatic heterocycles. The fourth-order valence-corrected chi connectivity index (χ4v) is 3.00. The number of amides is 1. The zero-order chi connectivity index (χ0) is 13.8. The largest absolute Gasteiger partial charge is 0.478 e. The van der Waals surface area contributed by atoms with Crippen LogP contribution in [0.2, 0.25) is 0 Å². The van der Waals surface area contributed by atoms with Crippen LogP contribution in [0.4, 0.5) is 5.00 Å². The molecular formula is C12H17N3O3S. The summed E-state index contributed by atoms with van der Waals surface area (Å²) in [5, 5.41) is 15.3. The molecule has 0 bridgehead atoms. The fourth-order valence-electron chi connectivity index (χ4n) is 2.19. The maximum absolute atomic E-state index is 11.8. The maximum atomic E-state index is 11.8. The minimum atomic E-state index is -1.05. The van der Waals surface area contributed by atoms with Crippen LogP contribution in [0.1, 0.15) is 35.3 Å². The number of aryl methyl sites for hydroxylation is 1. The molecule has 104 valence electrons. The first-order valence-electron chi connectivity index (χ1n) is 6.28. The lowest BCUT2D eigenvalue weighted by atomic mass is 10.0. The summed E-state index contributed by atoms with van der Waals surface area (Å²) in [6.45, 7) is 3.61. The Balaban J connectivity index is 1.89. The Morgan fingerprint density at radius 2 is 2.37 bits per heavy atom. The summed E-state index contributed by atoms with van der Waals surface area (Å²) in [4.78, 5) is 22.9. The molecule has 0 saturated carbocycles. The third-order valence-electron chi connectivity index (χ3n) is 3.27. The number of carboxylic acids is 1. The summed E-state index contributed by atoms with van der Waals surface area (Å²) in [6.07, 6.45) is 2.36. The molecule has 19 heavy (non-hydrogen) atoms. The molecule has 1 aromatic heterocycles. The van der Waals surface area contributed by atoms with E-state index in [9.17, 15) is 9.59 Å². The number of rotatable bonds is 5. The van der Waals surface area contributed by atoms with Crippen molar-refractivity contribution >= 4 is 28.4 Å². The summed E-state index contributed by atoms with van der Waals surface area (Å²) in [5.74, 6) is -0.646. The second-order valence-electron chi connectivity index (χ2n) is 4.72. The van der Waals surface area contributed by atoms with Crippen LogP contribution in [0.5, 0.6) is 0 Å². The second kappa shape index (κ2) is 6.12. The van der Waals surface area contributed by atoms with Crippen molar-refractivity contribution in [2.75, 3.05) is 18.4 Å². The standard InChI is InChI=1S/C12H17N3O3S/c1-7-10(12(17)18)11(19-15-7)14-9(16)3-2-8-4-5-13-6-8/h8,13H,2-6H2,1H3,(H,14,16)(H,17,18). The summed E-state index contributed by atoms with van der Waals surface area (Å²) in [7, 11) is 0. The summed E-state index contributed by atoms with van der Waals surface area (Å²) in [6, 6.07) is 0. The molecule has 0 spiro atoms. The highest BCUT2D eigenvalue weighted by atomic mass is 32.1. The molecule has 1 amide bonds. The molecule has 3 N–H and O–H groups in total. The third-order valence-corrected chi connectivity index (χ3v) is 4.13. The molecule has 1 saturated heterocycles. The topological polar surface area (TPSA) is 91.3 Å². The van der Waals surface area contributed by atoms with Gasteiger partial charge in [-0.3, -0.25) is 4.79 Å². The predicted octanol–water partition coefficient (Wildman–Crippen LogP) is 1.48. The Labute approximate surface area is 115 Å². The molecule has 1 aromatic rings. The second-order valence-corrected chi connectivity index (χ2v) is 5.50. The van der Waals surface area contributed by atoms with Gasteiger partial charge in [-0.2, -0.15) is 4.37 Å². The highest BCUT2D eigenvalue weighted by molar-refractivity contribution is 7.11. The lowest BCUT2D eigenvalue weighted by molar-refractivity contribution is -0.116. The monoisotopic (exact) mass is 283 g/mol. The van der Waals surface area contributed by atoms with Crippen molar-refractivity contribution in [1.82, 2.24) is 9.69 Å². The van der Waals surface area contributed by atoms with E-state index in [-0.39, 0.29) is 11.5 Å². The molecule has 1 fully saturated rings. The minimum absolute atomic E-state index is 0.0980. The van der Waals surface area contributed by atoms with Gasteiger partial charge in [0.15, 0.2) is 0 Å². The number of carbonyl (C=O) groups excluding carboxylic acids is 1. The molecule has 1 unspecified atom stereocenters. The summed E-state index contributed by atoms with van der Waals surface area (Å²) >= 11 is 1.02. The van der Waals surface area contributed by atoms with Crippen molar-refractivity contribution in [3.63, 3.8) is 0 Å². The van der Waals surface area contributed by atoms with E-state index in [0.717, 1.165) is 37.5 Å². The van der Waals surface area contributed by atoms with Gasteiger partial charge in [0.05, 0.1) is 5.69 Å². The lowest BCUT2D eigenvalue weighted by Crippen LogP contribution is -2.15. The number of carboxylic acid groups (broad SMARTS) is 1. The van der Waals surface area contributed by atoms with Gasteiger partial charge in [-0.25, -0.2) is 4.79 Å². The van der Waals surface area contributed by atoms with Crippen molar-refractivity contribution in [2.45, 2.75) is 26.2 Å². The van der Waals surface area contributed by atoms with Crippen LogP contribution in [-0.2, 0) is 4.79 Å². The van der Waals surface area contributed by atoms with E-state index in [1.54, 1.807) is 6.92 Å². The molecule has 2 heterocycles. The Morgan fingerprint density at radius 3 is 3.00 bits per heavy atom. The molecule has 2 rings (SSSR count). The van der Waals surface area contributed by atoms with E-state index in [4.69, 9.17) is 5.11 Å². The van der Waals surface area contributed by atoms with E-state index in [2.05, 4.69) is 15.0 Å². The van der Waals surface area contributed by atoms with Crippen LogP contribution >= 0.6 is 11.5 Å². The smallest absolute Gasteiger partial charge is 0.340 e. The average molecular weight is 283 g/mol. The first-order chi connectivity index (χ1) is 9.08. The number of hydrogen-bond acceptors (Lipinski definition) is 5. The van der Waals surface area contributed by atoms with E-state index >= 15 is 0 Å². The average Bonchev–Trinajstić information content (AvgIpc) is 2.96. The lowest BCUT2D eigenvalue weighted by Gasteiger charge is -2.08. The van der Waals surface area contributed by atoms with Crippen molar-refractivity contribution < 1.29 is 14.7 Å². The Morgan fingerprint density at radius 1 is 1.58 bits per heavy atom. The first kappa shape index (κ1) is 14.0. The molecule has 7 heteroatoms. The number of nitrogens with one attached hydrogen (secondary N) is 2. The Bertz CT molecular complexity index is 481. The summed E-state index contributed by atoms with van der Waals surface area (Å²) in [5.41, 5.74) is 0.536. The Hall–Kier alpha value is -1.47. The van der Waals surface area contributed by atoms with Gasteiger partial charge < -0.3 is 15.7 Å². The third kappa shape index (κ3) is 3.51. The zero-order valence-corrected chi connectivity index (χ0v) is 11.5. The molecule has 6 nitrogen and oxygen atoms in total. The van der Waals surface area contributed by atoms with Crippen LogP contribution in [0.25, 0.3) is 0 Å². The van der Waals surface area contributed by atoms with Crippen molar-refractivity contribution in [2.24, 2.45) is 5.92 Å². The van der Waals surface area contributed by atoms with E-state index < -0.39 is 5.97 Å². The summed E-state index contributed by atoms with van der Waals surface area (Å²) < 4.78 is 3.96. The van der Waals surface area contributed by atoms with Gasteiger partial charge in [0.1, 0.15) is 10.6 Å². The maximum Gasteiger partial charge on any atom is 0.340 e. The highest BCUT2D eigenvalue weighted by Gasteiger charge is 2.20. The zero-order valence-electron chi connectivity index (χ0n) is 10.7. The quantitative estimate of drug-likeness (QED) is 0.761. The number of aromatic nitrogens is 1. The Kier molecular flexibility index (Phi) is 4.49. The van der Waals surface area contributed by atoms with Crippen LogP contribution < -0.4 is 10.6 Å². The number of nitrogens with zero attached hydrogens (tertiary/aromatic N) is 1. The van der Waals surface area contributed by atoms with Gasteiger partial charge in [0.2, 0.25) is 5.91 Å². The first-order valence-corrected chi connectivity index (χ1v) is 7.05. The van der Waals surface area contributed by atoms with Gasteiger partial charge in [-0.1, -0.05) is 0 Å². The highest BCUT2D eigenvalue weighted by Crippen LogP contribution is 2.25. The molecule has 1 aliphatic rings. The number of hydrogen-bond donors (Lipinski definition) is 3. The molecule has 1 atom stereocenters. The van der Waals surface area contributed by atoms with Gasteiger partial charge in [0.25, 0.3) is 0 Å². The molecule has 0 radical (unpaired) electrons.